The van der Waals surface area contributed by atoms with Gasteiger partial charge in [-0.05, 0) is 56.7 Å². The number of nitrogens with zero attached hydrogens (tertiary/aromatic N) is 1. The normalized spacial score (nSPS) is 30.5. The van der Waals surface area contributed by atoms with E-state index >= 15 is 0 Å². The largest absolute Gasteiger partial charge is 0.444 e. The van der Waals surface area contributed by atoms with Crippen LogP contribution >= 0.6 is 0 Å². The molecule has 0 spiro atoms. The lowest BCUT2D eigenvalue weighted by molar-refractivity contribution is -0.0627. The molecule has 4 heteroatoms. The Hall–Kier alpha value is -1.81. The molecule has 2 fully saturated rings. The monoisotopic (exact) mass is 341 g/mol. The quantitative estimate of drug-likeness (QED) is 0.840. The van der Waals surface area contributed by atoms with Gasteiger partial charge in [0.05, 0.1) is 5.60 Å². The van der Waals surface area contributed by atoms with Gasteiger partial charge in [0.1, 0.15) is 5.60 Å². The molecule has 1 aromatic carbocycles. The van der Waals surface area contributed by atoms with Gasteiger partial charge in [-0.2, -0.15) is 0 Å². The standard InChI is InChI=1S/C21H27NO3/c1-20(2,3)25-19(23)22-15-10-11-16(22)13-21(24,12-15)18-9-5-7-14-6-4-8-17(14)18/h4-7,9,15-16,24H,8,10-13H2,1-3H3. The topological polar surface area (TPSA) is 49.8 Å². The van der Waals surface area contributed by atoms with Crippen molar-refractivity contribution < 1.29 is 14.6 Å². The Balaban J connectivity index is 1.59. The van der Waals surface area contributed by atoms with Crippen LogP contribution in [0.15, 0.2) is 24.3 Å². The van der Waals surface area contributed by atoms with Crippen molar-refractivity contribution in [1.82, 2.24) is 4.90 Å². The van der Waals surface area contributed by atoms with Crippen molar-refractivity contribution in [3.8, 4) is 0 Å². The van der Waals surface area contributed by atoms with Crippen LogP contribution in [-0.4, -0.2) is 33.8 Å². The summed E-state index contributed by atoms with van der Waals surface area (Å²) in [5.74, 6) is 0. The highest BCUT2D eigenvalue weighted by molar-refractivity contribution is 5.70. The minimum absolute atomic E-state index is 0.0591. The molecule has 4 rings (SSSR count). The summed E-state index contributed by atoms with van der Waals surface area (Å²) >= 11 is 0. The minimum atomic E-state index is -0.846. The number of piperidine rings is 1. The molecular weight excluding hydrogens is 314 g/mol. The van der Waals surface area contributed by atoms with Crippen LogP contribution in [0.1, 0.15) is 63.1 Å². The van der Waals surface area contributed by atoms with E-state index in [-0.39, 0.29) is 18.2 Å². The van der Waals surface area contributed by atoms with Gasteiger partial charge in [-0.3, -0.25) is 0 Å². The maximum absolute atomic E-state index is 12.6. The lowest BCUT2D eigenvalue weighted by Gasteiger charge is -2.44. The van der Waals surface area contributed by atoms with E-state index in [1.54, 1.807) is 0 Å². The second kappa shape index (κ2) is 5.60. The smallest absolute Gasteiger partial charge is 0.410 e. The maximum Gasteiger partial charge on any atom is 0.410 e. The third-order valence-corrected chi connectivity index (χ3v) is 5.70. The number of carbonyl (C=O) groups excluding carboxylic acids is 1. The van der Waals surface area contributed by atoms with Crippen LogP contribution in [0.3, 0.4) is 0 Å². The van der Waals surface area contributed by atoms with Crippen LogP contribution in [0.5, 0.6) is 0 Å². The number of fused-ring (bicyclic) bond motifs is 3. The molecule has 1 N–H and O–H groups in total. The van der Waals surface area contributed by atoms with E-state index in [1.165, 1.54) is 11.1 Å². The Morgan fingerprint density at radius 1 is 1.24 bits per heavy atom. The van der Waals surface area contributed by atoms with E-state index in [1.807, 2.05) is 31.7 Å². The summed E-state index contributed by atoms with van der Waals surface area (Å²) in [5, 5.41) is 11.5. The van der Waals surface area contributed by atoms with Crippen LogP contribution in [-0.2, 0) is 16.8 Å². The van der Waals surface area contributed by atoms with Crippen LogP contribution < -0.4 is 0 Å². The molecule has 0 saturated carbocycles. The molecule has 2 bridgehead atoms. The van der Waals surface area contributed by atoms with Gasteiger partial charge in [0.25, 0.3) is 0 Å². The molecular formula is C21H27NO3. The van der Waals surface area contributed by atoms with Gasteiger partial charge in [0, 0.05) is 24.9 Å². The van der Waals surface area contributed by atoms with Crippen molar-refractivity contribution in [2.45, 2.75) is 76.2 Å². The minimum Gasteiger partial charge on any atom is -0.444 e. The Kier molecular flexibility index (Phi) is 3.73. The van der Waals surface area contributed by atoms with Crippen LogP contribution in [0, 0.1) is 0 Å². The predicted octanol–water partition coefficient (Wildman–Crippen LogP) is 4.01. The van der Waals surface area contributed by atoms with E-state index in [2.05, 4.69) is 24.3 Å². The third-order valence-electron chi connectivity index (χ3n) is 5.70. The summed E-state index contributed by atoms with van der Waals surface area (Å²) in [6.07, 6.45) is 8.02. The first kappa shape index (κ1) is 16.6. The summed E-state index contributed by atoms with van der Waals surface area (Å²) in [5.41, 5.74) is 2.18. The fourth-order valence-corrected chi connectivity index (χ4v) is 4.79. The molecule has 2 unspecified atom stereocenters. The second-order valence-corrected chi connectivity index (χ2v) is 8.69. The van der Waals surface area contributed by atoms with Gasteiger partial charge in [0.2, 0.25) is 0 Å². The molecule has 3 aliphatic rings. The number of ether oxygens (including phenoxy) is 1. The van der Waals surface area contributed by atoms with E-state index < -0.39 is 11.2 Å². The van der Waals surface area contributed by atoms with Crippen molar-refractivity contribution in [2.24, 2.45) is 0 Å². The second-order valence-electron chi connectivity index (χ2n) is 8.69. The van der Waals surface area contributed by atoms with Crippen LogP contribution in [0.4, 0.5) is 4.79 Å². The van der Waals surface area contributed by atoms with Gasteiger partial charge in [-0.15, -0.1) is 0 Å². The Morgan fingerprint density at radius 2 is 1.92 bits per heavy atom. The molecule has 2 atom stereocenters. The molecule has 4 nitrogen and oxygen atoms in total. The lowest BCUT2D eigenvalue weighted by atomic mass is 9.78. The summed E-state index contributed by atoms with van der Waals surface area (Å²) in [6, 6.07) is 6.32. The highest BCUT2D eigenvalue weighted by Gasteiger charge is 2.51. The van der Waals surface area contributed by atoms with Crippen molar-refractivity contribution >= 4 is 12.2 Å². The maximum atomic E-state index is 12.6. The highest BCUT2D eigenvalue weighted by atomic mass is 16.6. The number of amides is 1. The lowest BCUT2D eigenvalue weighted by Crippen LogP contribution is -2.53. The highest BCUT2D eigenvalue weighted by Crippen LogP contribution is 2.47. The summed E-state index contributed by atoms with van der Waals surface area (Å²) in [7, 11) is 0. The van der Waals surface area contributed by atoms with Gasteiger partial charge < -0.3 is 14.7 Å². The number of carbonyl (C=O) groups is 1. The first-order valence-electron chi connectivity index (χ1n) is 9.29. The molecule has 2 heterocycles. The zero-order valence-electron chi connectivity index (χ0n) is 15.3. The van der Waals surface area contributed by atoms with Crippen molar-refractivity contribution in [3.63, 3.8) is 0 Å². The summed E-state index contributed by atoms with van der Waals surface area (Å²) in [6.45, 7) is 5.69. The molecule has 0 radical (unpaired) electrons. The number of allylic oxidation sites excluding steroid dienone is 1. The van der Waals surface area contributed by atoms with Gasteiger partial charge in [-0.1, -0.05) is 30.4 Å². The number of hydrogen-bond donors (Lipinski definition) is 1. The Bertz CT molecular complexity index is 717. The van der Waals surface area contributed by atoms with E-state index in [9.17, 15) is 9.90 Å². The van der Waals surface area contributed by atoms with E-state index in [4.69, 9.17) is 4.74 Å². The van der Waals surface area contributed by atoms with Gasteiger partial charge in [0.15, 0.2) is 0 Å². The summed E-state index contributed by atoms with van der Waals surface area (Å²) in [4.78, 5) is 14.5. The first-order chi connectivity index (χ1) is 11.8. The molecule has 1 amide bonds. The number of rotatable bonds is 1. The van der Waals surface area contributed by atoms with E-state index in [0.717, 1.165) is 24.8 Å². The van der Waals surface area contributed by atoms with Crippen LogP contribution in [0.2, 0.25) is 0 Å². The van der Waals surface area contributed by atoms with Crippen molar-refractivity contribution in [2.75, 3.05) is 0 Å². The fraction of sp³-hybridized carbons (Fsp3) is 0.571. The van der Waals surface area contributed by atoms with Crippen molar-refractivity contribution in [3.05, 3.63) is 41.0 Å². The molecule has 1 aliphatic carbocycles. The zero-order chi connectivity index (χ0) is 17.8. The predicted molar refractivity (Wildman–Crippen MR) is 97.2 cm³/mol. The number of aliphatic hydroxyl groups is 1. The Labute approximate surface area is 149 Å². The van der Waals surface area contributed by atoms with Crippen molar-refractivity contribution in [1.29, 1.82) is 0 Å². The van der Waals surface area contributed by atoms with Gasteiger partial charge in [-0.25, -0.2) is 4.79 Å². The molecule has 25 heavy (non-hydrogen) atoms. The molecule has 134 valence electrons. The number of hydrogen-bond acceptors (Lipinski definition) is 3. The van der Waals surface area contributed by atoms with Crippen LogP contribution in [0.25, 0.3) is 6.08 Å². The molecule has 1 aromatic rings. The summed E-state index contributed by atoms with van der Waals surface area (Å²) < 4.78 is 5.60. The average Bonchev–Trinajstić information content (AvgIpc) is 3.08. The Morgan fingerprint density at radius 3 is 2.56 bits per heavy atom. The fourth-order valence-electron chi connectivity index (χ4n) is 4.79. The third kappa shape index (κ3) is 2.86. The van der Waals surface area contributed by atoms with E-state index in [0.29, 0.717) is 12.8 Å². The van der Waals surface area contributed by atoms with Gasteiger partial charge >= 0.3 is 6.09 Å². The first-order valence-corrected chi connectivity index (χ1v) is 9.29. The number of benzene rings is 1. The average molecular weight is 341 g/mol. The molecule has 2 aliphatic heterocycles. The molecule has 2 saturated heterocycles. The molecule has 0 aromatic heterocycles. The SMILES string of the molecule is CC(C)(C)OC(=O)N1C2CCC1CC(O)(c1cccc3c1CC=C3)C2. The zero-order valence-corrected chi connectivity index (χ0v) is 15.3.